The highest BCUT2D eigenvalue weighted by Crippen LogP contribution is 2.40. The van der Waals surface area contributed by atoms with E-state index in [4.69, 9.17) is 15.2 Å². The monoisotopic (exact) mass is 358 g/mol. The number of halogens is 1. The van der Waals surface area contributed by atoms with Gasteiger partial charge in [-0.2, -0.15) is 0 Å². The third kappa shape index (κ3) is 3.08. The van der Waals surface area contributed by atoms with Crippen LogP contribution in [0.15, 0.2) is 24.3 Å². The number of carbonyl (C=O) groups is 2. The van der Waals surface area contributed by atoms with Gasteiger partial charge in [-0.15, -0.1) is 0 Å². The van der Waals surface area contributed by atoms with Crippen molar-refractivity contribution in [3.63, 3.8) is 0 Å². The molecule has 2 amide bonds. The predicted molar refractivity (Wildman–Crippen MR) is 93.3 cm³/mol. The van der Waals surface area contributed by atoms with Crippen molar-refractivity contribution in [2.75, 3.05) is 20.8 Å². The number of hydrogen-bond donors (Lipinski definition) is 2. The van der Waals surface area contributed by atoms with E-state index in [1.807, 2.05) is 0 Å². The number of nitrogens with two attached hydrogens (primary N) is 1. The molecule has 136 valence electrons. The normalized spacial score (nSPS) is 12.3. The molecule has 0 atom stereocenters. The van der Waals surface area contributed by atoms with Crippen molar-refractivity contribution in [2.24, 2.45) is 5.73 Å². The van der Waals surface area contributed by atoms with Gasteiger partial charge in [-0.3, -0.25) is 9.59 Å². The van der Waals surface area contributed by atoms with Gasteiger partial charge in [-0.05, 0) is 29.3 Å². The van der Waals surface area contributed by atoms with E-state index >= 15 is 0 Å². The molecule has 6 nitrogen and oxygen atoms in total. The maximum Gasteiger partial charge on any atom is 0.253 e. The average Bonchev–Trinajstić information content (AvgIpc) is 3.10. The number of amides is 2. The van der Waals surface area contributed by atoms with Crippen molar-refractivity contribution >= 4 is 11.8 Å². The van der Waals surface area contributed by atoms with Crippen molar-refractivity contribution in [2.45, 2.75) is 12.8 Å². The second kappa shape index (κ2) is 7.03. The fourth-order valence-corrected chi connectivity index (χ4v) is 3.18. The van der Waals surface area contributed by atoms with Gasteiger partial charge < -0.3 is 20.5 Å². The Balaban J connectivity index is 2.02. The number of ether oxygens (including phenoxy) is 2. The summed E-state index contributed by atoms with van der Waals surface area (Å²) >= 11 is 0. The van der Waals surface area contributed by atoms with Crippen molar-refractivity contribution < 1.29 is 23.5 Å². The molecule has 0 aromatic heterocycles. The molecule has 0 unspecified atom stereocenters. The summed E-state index contributed by atoms with van der Waals surface area (Å²) < 4.78 is 25.2. The zero-order chi connectivity index (χ0) is 18.8. The third-order valence-electron chi connectivity index (χ3n) is 4.37. The van der Waals surface area contributed by atoms with E-state index in [9.17, 15) is 14.0 Å². The molecule has 26 heavy (non-hydrogen) atoms. The lowest BCUT2D eigenvalue weighted by Gasteiger charge is -2.15. The van der Waals surface area contributed by atoms with Crippen LogP contribution in [0.25, 0.3) is 0 Å². The fourth-order valence-electron chi connectivity index (χ4n) is 3.18. The molecule has 1 aliphatic rings. The molecule has 0 spiro atoms. The van der Waals surface area contributed by atoms with Gasteiger partial charge >= 0.3 is 0 Å². The first kappa shape index (κ1) is 17.7. The Morgan fingerprint density at radius 1 is 1.31 bits per heavy atom. The molecule has 0 saturated heterocycles. The van der Waals surface area contributed by atoms with Crippen LogP contribution in [0.1, 0.15) is 37.4 Å². The van der Waals surface area contributed by atoms with E-state index < -0.39 is 17.6 Å². The summed E-state index contributed by atoms with van der Waals surface area (Å²) in [5, 5.41) is 2.39. The van der Waals surface area contributed by atoms with Gasteiger partial charge in [0.25, 0.3) is 11.8 Å². The smallest absolute Gasteiger partial charge is 0.253 e. The predicted octanol–water partition coefficient (Wildman–Crippen LogP) is 1.82. The summed E-state index contributed by atoms with van der Waals surface area (Å²) in [5.74, 6) is -0.627. The molecule has 2 aromatic rings. The van der Waals surface area contributed by atoms with Crippen LogP contribution in [0, 0.1) is 5.82 Å². The van der Waals surface area contributed by atoms with E-state index in [-0.39, 0.29) is 11.1 Å². The van der Waals surface area contributed by atoms with E-state index in [1.165, 1.54) is 26.3 Å². The topological polar surface area (TPSA) is 90.7 Å². The molecule has 0 aliphatic carbocycles. The number of rotatable bonds is 5. The van der Waals surface area contributed by atoms with Crippen molar-refractivity contribution in [1.29, 1.82) is 0 Å². The molecule has 1 heterocycles. The molecule has 0 radical (unpaired) electrons. The summed E-state index contributed by atoms with van der Waals surface area (Å²) in [5.41, 5.74) is 7.89. The second-order valence-electron chi connectivity index (χ2n) is 5.96. The average molecular weight is 358 g/mol. The maximum absolute atomic E-state index is 14.2. The van der Waals surface area contributed by atoms with Gasteiger partial charge in [0, 0.05) is 25.5 Å². The van der Waals surface area contributed by atoms with Crippen LogP contribution in [0.2, 0.25) is 0 Å². The Bertz CT molecular complexity index is 896. The first-order valence-corrected chi connectivity index (χ1v) is 8.12. The van der Waals surface area contributed by atoms with Gasteiger partial charge in [0.1, 0.15) is 17.3 Å². The molecule has 3 N–H and O–H groups in total. The minimum atomic E-state index is -0.608. The molecule has 0 saturated carbocycles. The Hall–Kier alpha value is -3.09. The number of primary amides is 1. The molecular formula is C19H19FN2O4. The number of fused-ring (bicyclic) bond motifs is 1. The van der Waals surface area contributed by atoms with Crippen LogP contribution in [0.4, 0.5) is 4.39 Å². The van der Waals surface area contributed by atoms with Crippen molar-refractivity contribution in [1.82, 2.24) is 5.32 Å². The third-order valence-corrected chi connectivity index (χ3v) is 4.37. The Labute approximate surface area is 150 Å². The van der Waals surface area contributed by atoms with Crippen LogP contribution in [-0.4, -0.2) is 32.6 Å². The van der Waals surface area contributed by atoms with E-state index in [2.05, 4.69) is 5.32 Å². The maximum atomic E-state index is 14.2. The molecule has 3 rings (SSSR count). The second-order valence-corrected chi connectivity index (χ2v) is 5.96. The number of methoxy groups -OCH3 is 1. The minimum Gasteiger partial charge on any atom is -0.495 e. The Morgan fingerprint density at radius 3 is 2.69 bits per heavy atom. The lowest BCUT2D eigenvalue weighted by atomic mass is 9.96. The van der Waals surface area contributed by atoms with Crippen LogP contribution in [-0.2, 0) is 12.8 Å². The summed E-state index contributed by atoms with van der Waals surface area (Å²) in [4.78, 5) is 23.4. The Kier molecular flexibility index (Phi) is 4.79. The van der Waals surface area contributed by atoms with Crippen molar-refractivity contribution in [3.8, 4) is 11.5 Å². The molecular weight excluding hydrogens is 339 g/mol. The molecule has 1 aliphatic heterocycles. The molecule has 0 bridgehead atoms. The first-order valence-electron chi connectivity index (χ1n) is 8.12. The largest absolute Gasteiger partial charge is 0.495 e. The van der Waals surface area contributed by atoms with Gasteiger partial charge in [-0.1, -0.05) is 6.07 Å². The highest BCUT2D eigenvalue weighted by molar-refractivity contribution is 5.97. The molecule has 2 aromatic carbocycles. The molecule has 0 fully saturated rings. The zero-order valence-electron chi connectivity index (χ0n) is 14.5. The number of benzene rings is 2. The summed E-state index contributed by atoms with van der Waals surface area (Å²) in [6.45, 7) is 0.477. The van der Waals surface area contributed by atoms with Crippen LogP contribution < -0.4 is 20.5 Å². The highest BCUT2D eigenvalue weighted by Gasteiger charge is 2.26. The fraction of sp³-hybridized carbons (Fsp3) is 0.263. The lowest BCUT2D eigenvalue weighted by molar-refractivity contribution is 0.0957. The highest BCUT2D eigenvalue weighted by atomic mass is 19.1. The standard InChI is InChI=1S/C19H19FN2O4/c1-22-19(24)12-4-3-10(8-15(12)20)7-11-9-14(18(21)23)17(25-2)13-5-6-26-16(11)13/h3-4,8-9H,5-7H2,1-2H3,(H2,21,23)(H,22,24). The van der Waals surface area contributed by atoms with Crippen LogP contribution in [0.3, 0.4) is 0 Å². The Morgan fingerprint density at radius 2 is 2.08 bits per heavy atom. The SMILES string of the molecule is CNC(=O)c1ccc(Cc2cc(C(N)=O)c(OC)c3c2OCC3)cc1F. The van der Waals surface area contributed by atoms with Crippen molar-refractivity contribution in [3.05, 3.63) is 57.9 Å². The first-order chi connectivity index (χ1) is 12.5. The van der Waals surface area contributed by atoms with Gasteiger partial charge in [0.15, 0.2) is 0 Å². The van der Waals surface area contributed by atoms with Gasteiger partial charge in [0.2, 0.25) is 0 Å². The number of carbonyl (C=O) groups excluding carboxylic acids is 2. The summed E-state index contributed by atoms with van der Waals surface area (Å²) in [6, 6.07) is 6.03. The van der Waals surface area contributed by atoms with Crippen LogP contribution >= 0.6 is 0 Å². The minimum absolute atomic E-state index is 0.0229. The lowest BCUT2D eigenvalue weighted by Crippen LogP contribution is -2.19. The summed E-state index contributed by atoms with van der Waals surface area (Å²) in [7, 11) is 2.92. The number of nitrogens with one attached hydrogen (secondary N) is 1. The zero-order valence-corrected chi connectivity index (χ0v) is 14.5. The summed E-state index contributed by atoms with van der Waals surface area (Å²) in [6.07, 6.45) is 0.939. The quantitative estimate of drug-likeness (QED) is 0.853. The number of hydrogen-bond acceptors (Lipinski definition) is 4. The van der Waals surface area contributed by atoms with E-state index in [0.717, 1.165) is 11.1 Å². The van der Waals surface area contributed by atoms with Crippen LogP contribution in [0.5, 0.6) is 11.5 Å². The van der Waals surface area contributed by atoms with Gasteiger partial charge in [-0.25, -0.2) is 4.39 Å². The van der Waals surface area contributed by atoms with E-state index in [1.54, 1.807) is 12.1 Å². The van der Waals surface area contributed by atoms with E-state index in [0.29, 0.717) is 36.5 Å². The van der Waals surface area contributed by atoms with Gasteiger partial charge in [0.05, 0.1) is 24.8 Å². The molecule has 7 heteroatoms.